The molecule has 3 rings (SSSR count). The molecular formula is C18H22ClN4O+. The van der Waals surface area contributed by atoms with E-state index in [0.29, 0.717) is 17.3 Å². The molecule has 0 spiro atoms. The maximum Gasteiger partial charge on any atom is 0.295 e. The van der Waals surface area contributed by atoms with Gasteiger partial charge in [0.05, 0.1) is 24.8 Å². The fourth-order valence-corrected chi connectivity index (χ4v) is 3.22. The van der Waals surface area contributed by atoms with E-state index in [1.807, 2.05) is 31.2 Å². The van der Waals surface area contributed by atoms with Crippen molar-refractivity contribution < 1.29 is 9.69 Å². The molecule has 0 aliphatic carbocycles. The number of likely N-dealkylation sites (tertiary alicyclic amines) is 1. The second-order valence-corrected chi connectivity index (χ2v) is 6.70. The Balaban J connectivity index is 1.63. The number of nitrogens with zero attached hydrogens (tertiary/aromatic N) is 2. The summed E-state index contributed by atoms with van der Waals surface area (Å²) in [5, 5.41) is 5.41. The number of aryl methyl sites for hydroxylation is 1. The summed E-state index contributed by atoms with van der Waals surface area (Å²) in [6.07, 6.45) is 5.22. The van der Waals surface area contributed by atoms with Crippen LogP contribution in [0.3, 0.4) is 0 Å². The van der Waals surface area contributed by atoms with Crippen molar-refractivity contribution in [3.05, 3.63) is 40.5 Å². The molecule has 1 aromatic heterocycles. The van der Waals surface area contributed by atoms with Crippen LogP contribution in [0.5, 0.6) is 0 Å². The molecule has 2 aromatic rings. The Morgan fingerprint density at radius 2 is 2.12 bits per heavy atom. The van der Waals surface area contributed by atoms with E-state index in [4.69, 9.17) is 11.6 Å². The third-order valence-electron chi connectivity index (χ3n) is 4.32. The monoisotopic (exact) mass is 345 g/mol. The van der Waals surface area contributed by atoms with Gasteiger partial charge in [-0.1, -0.05) is 23.7 Å². The van der Waals surface area contributed by atoms with Crippen LogP contribution in [0.2, 0.25) is 5.15 Å². The summed E-state index contributed by atoms with van der Waals surface area (Å²) >= 11 is 6.21. The lowest BCUT2D eigenvalue weighted by atomic mass is 10.1. The Hall–Kier alpha value is -1.98. The maximum absolute atomic E-state index is 11.9. The van der Waals surface area contributed by atoms with Crippen molar-refractivity contribution in [3.63, 3.8) is 0 Å². The van der Waals surface area contributed by atoms with Gasteiger partial charge in [0.15, 0.2) is 6.54 Å². The summed E-state index contributed by atoms with van der Waals surface area (Å²) < 4.78 is 0. The first kappa shape index (κ1) is 16.9. The van der Waals surface area contributed by atoms with Crippen molar-refractivity contribution in [1.29, 1.82) is 0 Å². The third-order valence-corrected chi connectivity index (χ3v) is 4.62. The highest BCUT2D eigenvalue weighted by atomic mass is 35.5. The zero-order valence-electron chi connectivity index (χ0n) is 13.8. The van der Waals surface area contributed by atoms with E-state index in [1.54, 1.807) is 6.21 Å². The molecule has 0 saturated carbocycles. The lowest BCUT2D eigenvalue weighted by Gasteiger charge is -2.22. The molecule has 0 atom stereocenters. The van der Waals surface area contributed by atoms with Crippen LogP contribution in [0.25, 0.3) is 10.9 Å². The summed E-state index contributed by atoms with van der Waals surface area (Å²) in [6, 6.07) is 7.95. The van der Waals surface area contributed by atoms with Crippen molar-refractivity contribution in [1.82, 2.24) is 10.4 Å². The van der Waals surface area contributed by atoms with E-state index >= 15 is 0 Å². The lowest BCUT2D eigenvalue weighted by molar-refractivity contribution is -0.896. The number of aromatic nitrogens is 1. The fourth-order valence-electron chi connectivity index (χ4n) is 3.03. The summed E-state index contributed by atoms with van der Waals surface area (Å²) in [7, 11) is 0. The molecule has 2 N–H and O–H groups in total. The topological polar surface area (TPSA) is 58.8 Å². The van der Waals surface area contributed by atoms with Gasteiger partial charge in [-0.05, 0) is 43.9 Å². The van der Waals surface area contributed by atoms with Crippen LogP contribution in [0.15, 0.2) is 29.4 Å². The van der Waals surface area contributed by atoms with Crippen LogP contribution in [0.1, 0.15) is 30.4 Å². The normalized spacial score (nSPS) is 15.9. The summed E-state index contributed by atoms with van der Waals surface area (Å²) in [6.45, 7) is 4.62. The number of benzene rings is 1. The lowest BCUT2D eigenvalue weighted by Crippen LogP contribution is -3.13. The van der Waals surface area contributed by atoms with Crippen molar-refractivity contribution >= 4 is 34.6 Å². The second kappa shape index (κ2) is 7.73. The molecule has 6 heteroatoms. The predicted octanol–water partition coefficient (Wildman–Crippen LogP) is 1.72. The smallest absolute Gasteiger partial charge is 0.295 e. The molecule has 24 heavy (non-hydrogen) atoms. The standard InChI is InChI=1S/C18H21ClN4O/c1-13-5-6-14-10-15(18(19)21-16(14)9-13)11-20-22-17(24)12-23-7-3-2-4-8-23/h5-6,9-11H,2-4,7-8,12H2,1H3,(H,22,24)/p+1. The van der Waals surface area contributed by atoms with Gasteiger partial charge in [0.1, 0.15) is 5.15 Å². The number of hydrazone groups is 1. The largest absolute Gasteiger partial charge is 0.327 e. The fraction of sp³-hybridized carbons (Fsp3) is 0.389. The van der Waals surface area contributed by atoms with Gasteiger partial charge >= 0.3 is 0 Å². The Morgan fingerprint density at radius 1 is 1.33 bits per heavy atom. The Kier molecular flexibility index (Phi) is 5.43. The van der Waals surface area contributed by atoms with Gasteiger partial charge in [-0.15, -0.1) is 0 Å². The van der Waals surface area contributed by atoms with Gasteiger partial charge in [0.2, 0.25) is 0 Å². The van der Waals surface area contributed by atoms with Crippen molar-refractivity contribution in [3.8, 4) is 0 Å². The van der Waals surface area contributed by atoms with Crippen LogP contribution in [0.4, 0.5) is 0 Å². The van der Waals surface area contributed by atoms with Crippen LogP contribution >= 0.6 is 11.6 Å². The predicted molar refractivity (Wildman–Crippen MR) is 96.6 cm³/mol. The number of carbonyl (C=O) groups is 1. The first-order valence-corrected chi connectivity index (χ1v) is 8.72. The number of carbonyl (C=O) groups excluding carboxylic acids is 1. The van der Waals surface area contributed by atoms with E-state index in [0.717, 1.165) is 29.6 Å². The van der Waals surface area contributed by atoms with E-state index in [9.17, 15) is 4.79 Å². The van der Waals surface area contributed by atoms with Crippen molar-refractivity contribution in [2.24, 2.45) is 5.10 Å². The first-order chi connectivity index (χ1) is 11.6. The van der Waals surface area contributed by atoms with E-state index in [1.165, 1.54) is 24.2 Å². The quantitative estimate of drug-likeness (QED) is 0.503. The molecule has 1 fully saturated rings. The number of halogens is 1. The van der Waals surface area contributed by atoms with E-state index in [-0.39, 0.29) is 5.91 Å². The number of rotatable bonds is 4. The molecule has 1 aliphatic rings. The average molecular weight is 346 g/mol. The molecule has 0 unspecified atom stereocenters. The molecule has 1 saturated heterocycles. The molecule has 1 amide bonds. The highest BCUT2D eigenvalue weighted by molar-refractivity contribution is 6.32. The first-order valence-electron chi connectivity index (χ1n) is 8.34. The summed E-state index contributed by atoms with van der Waals surface area (Å²) in [5.74, 6) is -0.0661. The number of nitrogens with one attached hydrogen (secondary N) is 2. The van der Waals surface area contributed by atoms with E-state index in [2.05, 4.69) is 15.5 Å². The third kappa shape index (κ3) is 4.30. The number of amides is 1. The minimum absolute atomic E-state index is 0.0661. The van der Waals surface area contributed by atoms with Crippen LogP contribution in [0, 0.1) is 6.92 Å². The number of hydrogen-bond acceptors (Lipinski definition) is 3. The zero-order chi connectivity index (χ0) is 16.9. The molecule has 0 radical (unpaired) electrons. The molecular weight excluding hydrogens is 324 g/mol. The zero-order valence-corrected chi connectivity index (χ0v) is 14.6. The second-order valence-electron chi connectivity index (χ2n) is 6.35. The van der Waals surface area contributed by atoms with E-state index < -0.39 is 0 Å². The van der Waals surface area contributed by atoms with Gasteiger partial charge in [0.25, 0.3) is 5.91 Å². The summed E-state index contributed by atoms with van der Waals surface area (Å²) in [4.78, 5) is 17.7. The number of quaternary nitrogens is 1. The van der Waals surface area contributed by atoms with Gasteiger partial charge in [-0.3, -0.25) is 4.79 Å². The van der Waals surface area contributed by atoms with Crippen LogP contribution < -0.4 is 10.3 Å². The SMILES string of the molecule is Cc1ccc2cc(C=NNC(=O)C[NH+]3CCCCC3)c(Cl)nc2c1. The molecule has 126 valence electrons. The highest BCUT2D eigenvalue weighted by Gasteiger charge is 2.16. The number of fused-ring (bicyclic) bond motifs is 1. The Labute approximate surface area is 146 Å². The van der Waals surface area contributed by atoms with Gasteiger partial charge in [0, 0.05) is 10.9 Å². The molecule has 1 aliphatic heterocycles. The maximum atomic E-state index is 11.9. The number of hydrogen-bond donors (Lipinski definition) is 2. The minimum atomic E-state index is -0.0661. The van der Waals surface area contributed by atoms with Crippen LogP contribution in [-0.4, -0.2) is 36.7 Å². The van der Waals surface area contributed by atoms with Gasteiger partial charge < -0.3 is 4.90 Å². The molecule has 0 bridgehead atoms. The summed E-state index contributed by atoms with van der Waals surface area (Å²) in [5.41, 5.74) is 5.27. The van der Waals surface area contributed by atoms with Crippen molar-refractivity contribution in [2.45, 2.75) is 26.2 Å². The van der Waals surface area contributed by atoms with Crippen molar-refractivity contribution in [2.75, 3.05) is 19.6 Å². The molecule has 5 nitrogen and oxygen atoms in total. The number of piperidine rings is 1. The molecule has 2 heterocycles. The molecule has 1 aromatic carbocycles. The highest BCUT2D eigenvalue weighted by Crippen LogP contribution is 2.20. The van der Waals surface area contributed by atoms with Crippen LogP contribution in [-0.2, 0) is 4.79 Å². The Morgan fingerprint density at radius 3 is 2.92 bits per heavy atom. The van der Waals surface area contributed by atoms with Gasteiger partial charge in [-0.2, -0.15) is 5.10 Å². The van der Waals surface area contributed by atoms with Gasteiger partial charge in [-0.25, -0.2) is 10.4 Å². The Bertz CT molecular complexity index is 769. The number of pyridine rings is 1. The average Bonchev–Trinajstić information content (AvgIpc) is 2.56. The minimum Gasteiger partial charge on any atom is -0.327 e.